The number of imide groups is 2. The van der Waals surface area contributed by atoms with E-state index in [9.17, 15) is 28.7 Å². The van der Waals surface area contributed by atoms with Crippen LogP contribution >= 0.6 is 0 Å². The monoisotopic (exact) mass is 800 g/mol. The van der Waals surface area contributed by atoms with E-state index in [0.717, 1.165) is 98.7 Å². The van der Waals surface area contributed by atoms with Gasteiger partial charge in [0.25, 0.3) is 11.8 Å². The number of halogens is 1. The number of nitrogens with one attached hydrogen (secondary N) is 1. The van der Waals surface area contributed by atoms with Crippen molar-refractivity contribution < 1.29 is 38.1 Å². The van der Waals surface area contributed by atoms with Crippen molar-refractivity contribution in [1.82, 2.24) is 15.1 Å². The summed E-state index contributed by atoms with van der Waals surface area (Å²) in [7, 11) is 0. The summed E-state index contributed by atoms with van der Waals surface area (Å²) in [5.41, 5.74) is 6.11. The predicted octanol–water partition coefficient (Wildman–Crippen LogP) is 6.32. The second-order valence-electron chi connectivity index (χ2n) is 16.5. The van der Waals surface area contributed by atoms with Gasteiger partial charge in [-0.25, -0.2) is 4.39 Å². The number of carbonyl (C=O) groups is 4. The van der Waals surface area contributed by atoms with Crippen molar-refractivity contribution >= 4 is 29.3 Å². The molecular formula is C47H49FN4O7. The smallest absolute Gasteiger partial charge is 0.262 e. The van der Waals surface area contributed by atoms with Crippen molar-refractivity contribution in [1.29, 1.82) is 0 Å². The Morgan fingerprint density at radius 2 is 1.42 bits per heavy atom. The number of fused-ring (bicyclic) bond motifs is 2. The minimum absolute atomic E-state index is 0.0849. The molecule has 2 saturated heterocycles. The Kier molecular flexibility index (Phi) is 10.9. The molecule has 2 N–H and O–H groups in total. The van der Waals surface area contributed by atoms with Crippen LogP contribution in [0.2, 0.25) is 0 Å². The molecule has 1 saturated carbocycles. The van der Waals surface area contributed by atoms with Gasteiger partial charge in [-0.05, 0) is 128 Å². The second kappa shape index (κ2) is 16.6. The van der Waals surface area contributed by atoms with Crippen molar-refractivity contribution in [3.63, 3.8) is 0 Å². The number of amides is 4. The molecule has 0 bridgehead atoms. The lowest BCUT2D eigenvalue weighted by molar-refractivity contribution is -0.136. The molecule has 12 heteroatoms. The molecule has 5 aliphatic rings. The van der Waals surface area contributed by atoms with E-state index < -0.39 is 29.7 Å². The zero-order chi connectivity index (χ0) is 40.6. The summed E-state index contributed by atoms with van der Waals surface area (Å²) >= 11 is 0. The summed E-state index contributed by atoms with van der Waals surface area (Å²) in [6.07, 6.45) is 6.08. The minimum atomic E-state index is -0.975. The molecule has 3 heterocycles. The lowest BCUT2D eigenvalue weighted by Gasteiger charge is -2.36. The van der Waals surface area contributed by atoms with Crippen LogP contribution in [0.25, 0.3) is 0 Å². The molecule has 0 radical (unpaired) electrons. The number of carbonyl (C=O) groups excluding carboxylic acids is 4. The van der Waals surface area contributed by atoms with Gasteiger partial charge in [0.05, 0.1) is 29.9 Å². The van der Waals surface area contributed by atoms with Crippen LogP contribution in [0, 0.1) is 5.82 Å². The number of hydrogen-bond acceptors (Lipinski definition) is 9. The zero-order valence-electron chi connectivity index (χ0n) is 33.0. The van der Waals surface area contributed by atoms with Crippen LogP contribution in [0.15, 0.2) is 84.9 Å². The first-order valence-corrected chi connectivity index (χ1v) is 21.0. The van der Waals surface area contributed by atoms with E-state index in [-0.39, 0.29) is 54.0 Å². The van der Waals surface area contributed by atoms with Gasteiger partial charge in [-0.15, -0.1) is 0 Å². The predicted molar refractivity (Wildman–Crippen MR) is 218 cm³/mol. The molecule has 4 amide bonds. The number of aryl methyl sites for hydroxylation is 1. The Balaban J connectivity index is 0.724. The van der Waals surface area contributed by atoms with Crippen molar-refractivity contribution in [3.8, 4) is 11.5 Å². The third kappa shape index (κ3) is 8.08. The van der Waals surface area contributed by atoms with Gasteiger partial charge in [0.2, 0.25) is 11.8 Å². The molecule has 0 aromatic heterocycles. The first-order valence-electron chi connectivity index (χ1n) is 21.0. The largest absolute Gasteiger partial charge is 0.508 e. The third-order valence-corrected chi connectivity index (χ3v) is 13.0. The van der Waals surface area contributed by atoms with E-state index >= 15 is 0 Å². The number of anilines is 1. The van der Waals surface area contributed by atoms with E-state index in [4.69, 9.17) is 9.47 Å². The highest BCUT2D eigenvalue weighted by atomic mass is 19.1. The summed E-state index contributed by atoms with van der Waals surface area (Å²) in [6, 6.07) is 25.3. The molecule has 3 fully saturated rings. The van der Waals surface area contributed by atoms with E-state index in [1.54, 1.807) is 18.2 Å². The lowest BCUT2D eigenvalue weighted by Crippen LogP contribution is -2.54. The highest BCUT2D eigenvalue weighted by Gasteiger charge is 2.45. The molecule has 2 aliphatic carbocycles. The fourth-order valence-electron chi connectivity index (χ4n) is 9.78. The van der Waals surface area contributed by atoms with Crippen LogP contribution in [-0.4, -0.2) is 96.1 Å². The topological polar surface area (TPSA) is 129 Å². The number of piperidine rings is 1. The SMILES string of the molecule is O=C1CCC(N2C(=O)c3ccc(N4CCN(CCOC5CCC(Oc6ccc([C@@H]7c8ccc(O)cc8CC[C@@H]7c7ccc(F)cc7)cc6)CC5)CC4)cc3C2=O)C(=O)N1. The maximum Gasteiger partial charge on any atom is 0.262 e. The number of phenolic OH excluding ortho intramolecular Hbond substituents is 1. The first kappa shape index (κ1) is 38.9. The molecule has 4 aromatic rings. The number of aromatic hydroxyl groups is 1. The van der Waals surface area contributed by atoms with Gasteiger partial charge >= 0.3 is 0 Å². The van der Waals surface area contributed by atoms with Crippen LogP contribution in [0.3, 0.4) is 0 Å². The van der Waals surface area contributed by atoms with Gasteiger partial charge in [0, 0.05) is 50.7 Å². The third-order valence-electron chi connectivity index (χ3n) is 13.0. The molecule has 1 unspecified atom stereocenters. The van der Waals surface area contributed by atoms with Crippen molar-refractivity contribution in [2.24, 2.45) is 0 Å². The van der Waals surface area contributed by atoms with E-state index in [0.29, 0.717) is 12.2 Å². The number of benzene rings is 4. The van der Waals surface area contributed by atoms with Gasteiger partial charge in [0.1, 0.15) is 23.4 Å². The van der Waals surface area contributed by atoms with E-state index in [1.807, 2.05) is 30.3 Å². The normalized spacial score (nSPS) is 24.8. The Labute approximate surface area is 343 Å². The standard InChI is InChI=1S/C47H49FN4O7/c48-32-6-1-29(2-7-32)38-16-5-31-27-34(53)9-18-39(31)44(38)30-3-10-36(11-4-30)59-37-14-12-35(13-15-37)58-26-25-50-21-23-51(24-22-50)33-8-17-40-41(28-33)47(57)52(46(40)56)42-19-20-43(54)49-45(42)55/h1-4,6-11,17-18,27-28,35,37-38,42,44,53H,5,12-16,19-26H2,(H,49,54,55)/t35?,37?,38-,42?,44+/m1/s1. The summed E-state index contributed by atoms with van der Waals surface area (Å²) in [6.45, 7) is 4.73. The summed E-state index contributed by atoms with van der Waals surface area (Å²) in [5.74, 6) is -0.813. The molecule has 4 aromatic carbocycles. The van der Waals surface area contributed by atoms with Gasteiger partial charge < -0.3 is 19.5 Å². The summed E-state index contributed by atoms with van der Waals surface area (Å²) < 4.78 is 26.6. The van der Waals surface area contributed by atoms with E-state index in [1.165, 1.54) is 23.3 Å². The zero-order valence-corrected chi connectivity index (χ0v) is 33.0. The number of piperazine rings is 1. The van der Waals surface area contributed by atoms with Crippen LogP contribution in [0.4, 0.5) is 10.1 Å². The Morgan fingerprint density at radius 3 is 2.17 bits per heavy atom. The van der Waals surface area contributed by atoms with Gasteiger partial charge in [-0.3, -0.25) is 34.3 Å². The Hall–Kier alpha value is -5.59. The number of hydrogen-bond donors (Lipinski definition) is 2. The Morgan fingerprint density at radius 1 is 0.712 bits per heavy atom. The minimum Gasteiger partial charge on any atom is -0.508 e. The van der Waals surface area contributed by atoms with Crippen molar-refractivity contribution in [2.45, 2.75) is 81.5 Å². The van der Waals surface area contributed by atoms with Gasteiger partial charge in [-0.1, -0.05) is 30.3 Å². The molecule has 306 valence electrons. The first-order chi connectivity index (χ1) is 28.7. The molecule has 3 aliphatic heterocycles. The van der Waals surface area contributed by atoms with Gasteiger partial charge in [0.15, 0.2) is 0 Å². The fraction of sp³-hybridized carbons (Fsp3) is 0.404. The van der Waals surface area contributed by atoms with Crippen molar-refractivity contribution in [2.75, 3.05) is 44.2 Å². The van der Waals surface area contributed by atoms with Crippen molar-refractivity contribution in [3.05, 3.63) is 124 Å². The van der Waals surface area contributed by atoms with E-state index in [2.05, 4.69) is 39.4 Å². The number of nitrogens with zero attached hydrogens (tertiary/aromatic N) is 3. The second-order valence-corrected chi connectivity index (χ2v) is 16.5. The average molecular weight is 801 g/mol. The number of rotatable bonds is 10. The Bertz CT molecular complexity index is 2230. The number of phenols is 1. The molecule has 0 spiro atoms. The van der Waals surface area contributed by atoms with Crippen LogP contribution in [0.1, 0.15) is 99.8 Å². The van der Waals surface area contributed by atoms with Crippen LogP contribution in [-0.2, 0) is 20.7 Å². The highest BCUT2D eigenvalue weighted by molar-refractivity contribution is 6.23. The maximum absolute atomic E-state index is 13.8. The summed E-state index contributed by atoms with van der Waals surface area (Å²) in [4.78, 5) is 56.0. The molecule has 9 rings (SSSR count). The van der Waals surface area contributed by atoms with Crippen LogP contribution in [0.5, 0.6) is 11.5 Å². The van der Waals surface area contributed by atoms with Crippen LogP contribution < -0.4 is 15.0 Å². The maximum atomic E-state index is 13.8. The average Bonchev–Trinajstić information content (AvgIpc) is 3.49. The van der Waals surface area contributed by atoms with Gasteiger partial charge in [-0.2, -0.15) is 0 Å². The fourth-order valence-corrected chi connectivity index (χ4v) is 9.78. The highest BCUT2D eigenvalue weighted by Crippen LogP contribution is 2.47. The molecular weight excluding hydrogens is 752 g/mol. The summed E-state index contributed by atoms with van der Waals surface area (Å²) in [5, 5.41) is 12.4. The molecule has 11 nitrogen and oxygen atoms in total. The quantitative estimate of drug-likeness (QED) is 0.177. The molecule has 59 heavy (non-hydrogen) atoms. The lowest BCUT2D eigenvalue weighted by atomic mass is 9.69. The number of ether oxygens (including phenoxy) is 2. The molecule has 3 atom stereocenters.